The molecule has 0 heterocycles. The van der Waals surface area contributed by atoms with Crippen LogP contribution in [0.2, 0.25) is 0 Å². The van der Waals surface area contributed by atoms with Gasteiger partial charge in [0.2, 0.25) is 0 Å². The van der Waals surface area contributed by atoms with Crippen LogP contribution < -0.4 is 16.0 Å². The van der Waals surface area contributed by atoms with Gasteiger partial charge in [-0.2, -0.15) is 0 Å². The molecule has 4 heteroatoms. The highest BCUT2D eigenvalue weighted by Gasteiger charge is 2.19. The summed E-state index contributed by atoms with van der Waals surface area (Å²) in [6.07, 6.45) is 7.87. The number of carbonyl (C=O) groups is 1. The van der Waals surface area contributed by atoms with Crippen molar-refractivity contribution in [3.63, 3.8) is 0 Å². The zero-order valence-electron chi connectivity index (χ0n) is 11.2. The monoisotopic (exact) mass is 241 g/mol. The van der Waals surface area contributed by atoms with Crippen molar-refractivity contribution in [3.8, 4) is 0 Å². The molecule has 1 atom stereocenters. The summed E-state index contributed by atoms with van der Waals surface area (Å²) >= 11 is 0. The van der Waals surface area contributed by atoms with E-state index in [0.29, 0.717) is 6.54 Å². The SMILES string of the molecule is CCNC(=O)N[C@H](CNC)CC1CCCCC1. The Hall–Kier alpha value is -0.770. The molecule has 17 heavy (non-hydrogen) atoms. The zero-order valence-corrected chi connectivity index (χ0v) is 11.2. The number of hydrogen-bond donors (Lipinski definition) is 3. The minimum Gasteiger partial charge on any atom is -0.338 e. The van der Waals surface area contributed by atoms with Crippen LogP contribution in [0.15, 0.2) is 0 Å². The maximum Gasteiger partial charge on any atom is 0.315 e. The highest BCUT2D eigenvalue weighted by atomic mass is 16.2. The molecule has 100 valence electrons. The first-order valence-electron chi connectivity index (χ1n) is 6.95. The Morgan fingerprint density at radius 3 is 2.59 bits per heavy atom. The third-order valence-electron chi connectivity index (χ3n) is 3.47. The average molecular weight is 241 g/mol. The Bertz CT molecular complexity index is 215. The van der Waals surface area contributed by atoms with Gasteiger partial charge in [0.1, 0.15) is 0 Å². The van der Waals surface area contributed by atoms with E-state index in [1.54, 1.807) is 0 Å². The van der Waals surface area contributed by atoms with E-state index >= 15 is 0 Å². The summed E-state index contributed by atoms with van der Waals surface area (Å²) < 4.78 is 0. The summed E-state index contributed by atoms with van der Waals surface area (Å²) in [6.45, 7) is 3.48. The zero-order chi connectivity index (χ0) is 12.5. The Morgan fingerprint density at radius 1 is 1.29 bits per heavy atom. The molecule has 0 aromatic rings. The van der Waals surface area contributed by atoms with Crippen molar-refractivity contribution in [2.45, 2.75) is 51.5 Å². The van der Waals surface area contributed by atoms with E-state index in [1.807, 2.05) is 14.0 Å². The molecule has 2 amide bonds. The lowest BCUT2D eigenvalue weighted by Gasteiger charge is -2.27. The normalized spacial score (nSPS) is 18.7. The maximum absolute atomic E-state index is 11.5. The molecule has 4 nitrogen and oxygen atoms in total. The second-order valence-corrected chi connectivity index (χ2v) is 5.00. The summed E-state index contributed by atoms with van der Waals surface area (Å²) in [5.74, 6) is 0.795. The van der Waals surface area contributed by atoms with E-state index in [0.717, 1.165) is 18.9 Å². The second-order valence-electron chi connectivity index (χ2n) is 5.00. The van der Waals surface area contributed by atoms with Gasteiger partial charge in [0, 0.05) is 19.1 Å². The first-order chi connectivity index (χ1) is 8.26. The van der Waals surface area contributed by atoms with Gasteiger partial charge in [-0.3, -0.25) is 0 Å². The Morgan fingerprint density at radius 2 is 2.00 bits per heavy atom. The number of amides is 2. The van der Waals surface area contributed by atoms with Gasteiger partial charge in [-0.1, -0.05) is 32.1 Å². The van der Waals surface area contributed by atoms with Crippen LogP contribution >= 0.6 is 0 Å². The minimum atomic E-state index is -0.0384. The van der Waals surface area contributed by atoms with E-state index in [4.69, 9.17) is 0 Å². The Balaban J connectivity index is 2.32. The lowest BCUT2D eigenvalue weighted by Crippen LogP contribution is -2.47. The van der Waals surface area contributed by atoms with Crippen LogP contribution in [0.4, 0.5) is 4.79 Å². The molecule has 3 N–H and O–H groups in total. The molecule has 0 unspecified atom stereocenters. The summed E-state index contributed by atoms with van der Waals surface area (Å²) in [5, 5.41) is 9.01. The molecular weight excluding hydrogens is 214 g/mol. The largest absolute Gasteiger partial charge is 0.338 e. The number of carbonyl (C=O) groups excluding carboxylic acids is 1. The van der Waals surface area contributed by atoms with Crippen LogP contribution in [-0.4, -0.2) is 32.2 Å². The van der Waals surface area contributed by atoms with Crippen molar-refractivity contribution >= 4 is 6.03 Å². The lowest BCUT2D eigenvalue weighted by atomic mass is 9.85. The molecule has 0 aliphatic heterocycles. The predicted molar refractivity (Wildman–Crippen MR) is 71.1 cm³/mol. The van der Waals surface area contributed by atoms with Gasteiger partial charge in [-0.15, -0.1) is 0 Å². The Kier molecular flexibility index (Phi) is 7.01. The van der Waals surface area contributed by atoms with Crippen molar-refractivity contribution in [1.29, 1.82) is 0 Å². The quantitative estimate of drug-likeness (QED) is 0.665. The van der Waals surface area contributed by atoms with Crippen LogP contribution in [0.3, 0.4) is 0 Å². The summed E-state index contributed by atoms with van der Waals surface area (Å²) in [5.41, 5.74) is 0. The average Bonchev–Trinajstić information content (AvgIpc) is 2.31. The highest BCUT2D eigenvalue weighted by molar-refractivity contribution is 5.74. The number of nitrogens with one attached hydrogen (secondary N) is 3. The van der Waals surface area contributed by atoms with Crippen LogP contribution in [0.25, 0.3) is 0 Å². The smallest absolute Gasteiger partial charge is 0.315 e. The van der Waals surface area contributed by atoms with Crippen LogP contribution in [-0.2, 0) is 0 Å². The first kappa shape index (κ1) is 14.3. The molecule has 0 saturated heterocycles. The summed E-state index contributed by atoms with van der Waals surface area (Å²) in [7, 11) is 1.94. The molecule has 1 rings (SSSR count). The van der Waals surface area contributed by atoms with Crippen LogP contribution in [0.1, 0.15) is 45.4 Å². The topological polar surface area (TPSA) is 53.2 Å². The van der Waals surface area contributed by atoms with E-state index in [1.165, 1.54) is 32.1 Å². The van der Waals surface area contributed by atoms with Crippen molar-refractivity contribution in [2.75, 3.05) is 20.1 Å². The molecule has 0 aromatic heterocycles. The molecule has 0 aromatic carbocycles. The molecule has 0 spiro atoms. The fourth-order valence-electron chi connectivity index (χ4n) is 2.66. The predicted octanol–water partition coefficient (Wildman–Crippen LogP) is 1.86. The van der Waals surface area contributed by atoms with Gasteiger partial charge in [-0.05, 0) is 26.3 Å². The van der Waals surface area contributed by atoms with Gasteiger partial charge in [0.15, 0.2) is 0 Å². The highest BCUT2D eigenvalue weighted by Crippen LogP contribution is 2.27. The van der Waals surface area contributed by atoms with Crippen LogP contribution in [0.5, 0.6) is 0 Å². The second kappa shape index (κ2) is 8.34. The van der Waals surface area contributed by atoms with Crippen LogP contribution in [0, 0.1) is 5.92 Å². The molecule has 1 aliphatic rings. The van der Waals surface area contributed by atoms with Gasteiger partial charge >= 0.3 is 6.03 Å². The molecular formula is C13H27N3O. The fraction of sp³-hybridized carbons (Fsp3) is 0.923. The molecule has 1 saturated carbocycles. The van der Waals surface area contributed by atoms with Crippen molar-refractivity contribution in [2.24, 2.45) is 5.92 Å². The third kappa shape index (κ3) is 5.91. The van der Waals surface area contributed by atoms with Crippen molar-refractivity contribution < 1.29 is 4.79 Å². The number of likely N-dealkylation sites (N-methyl/N-ethyl adjacent to an activating group) is 1. The minimum absolute atomic E-state index is 0.0384. The molecule has 0 bridgehead atoms. The van der Waals surface area contributed by atoms with E-state index in [2.05, 4.69) is 16.0 Å². The van der Waals surface area contributed by atoms with E-state index in [-0.39, 0.29) is 12.1 Å². The summed E-state index contributed by atoms with van der Waals surface area (Å²) in [4.78, 5) is 11.5. The van der Waals surface area contributed by atoms with E-state index < -0.39 is 0 Å². The fourth-order valence-corrected chi connectivity index (χ4v) is 2.66. The molecule has 1 aliphatic carbocycles. The lowest BCUT2D eigenvalue weighted by molar-refractivity contribution is 0.231. The van der Waals surface area contributed by atoms with Crippen molar-refractivity contribution in [3.05, 3.63) is 0 Å². The maximum atomic E-state index is 11.5. The summed E-state index contributed by atoms with van der Waals surface area (Å²) in [6, 6.07) is 0.221. The third-order valence-corrected chi connectivity index (χ3v) is 3.47. The van der Waals surface area contributed by atoms with Gasteiger partial charge in [0.05, 0.1) is 0 Å². The number of urea groups is 1. The first-order valence-corrected chi connectivity index (χ1v) is 6.95. The number of rotatable bonds is 6. The van der Waals surface area contributed by atoms with E-state index in [9.17, 15) is 4.79 Å². The van der Waals surface area contributed by atoms with Crippen molar-refractivity contribution in [1.82, 2.24) is 16.0 Å². The van der Waals surface area contributed by atoms with Gasteiger partial charge in [0.25, 0.3) is 0 Å². The molecule has 1 fully saturated rings. The van der Waals surface area contributed by atoms with Gasteiger partial charge in [-0.25, -0.2) is 4.79 Å². The molecule has 0 radical (unpaired) electrons. The van der Waals surface area contributed by atoms with Gasteiger partial charge < -0.3 is 16.0 Å². The Labute approximate surface area is 105 Å². The number of hydrogen-bond acceptors (Lipinski definition) is 2. The standard InChI is InChI=1S/C13H27N3O/c1-3-15-13(17)16-12(10-14-2)9-11-7-5-4-6-8-11/h11-12,14H,3-10H2,1-2H3,(H2,15,16,17)/t12-/m0/s1.